The molecule has 0 aromatic carbocycles. The molecule has 1 aromatic heterocycles. The maximum atomic E-state index is 12.8. The predicted molar refractivity (Wildman–Crippen MR) is 106 cm³/mol. The summed E-state index contributed by atoms with van der Waals surface area (Å²) < 4.78 is 0. The topological polar surface area (TPSA) is 217 Å². The van der Waals surface area contributed by atoms with Crippen molar-refractivity contribution >= 4 is 29.7 Å². The third-order valence-electron chi connectivity index (χ3n) is 4.28. The van der Waals surface area contributed by atoms with Gasteiger partial charge in [0.05, 0.1) is 12.4 Å². The first kappa shape index (κ1) is 25.6. The number of carboxylic acids is 2. The second-order valence-corrected chi connectivity index (χ2v) is 7.22. The predicted octanol–water partition coefficient (Wildman–Crippen LogP) is -2.03. The van der Waals surface area contributed by atoms with Gasteiger partial charge in [-0.2, -0.15) is 0 Å². The summed E-state index contributed by atoms with van der Waals surface area (Å²) in [4.78, 5) is 65.5. The van der Waals surface area contributed by atoms with Gasteiger partial charge in [0.25, 0.3) is 0 Å². The first-order valence-corrected chi connectivity index (χ1v) is 9.56. The summed E-state index contributed by atoms with van der Waals surface area (Å²) in [5.74, 6) is -4.83. The molecule has 0 saturated heterocycles. The number of amides is 3. The number of hydrogen-bond acceptors (Lipinski definition) is 7. The number of aromatic amines is 1. The lowest BCUT2D eigenvalue weighted by Crippen LogP contribution is -2.58. The van der Waals surface area contributed by atoms with Crippen molar-refractivity contribution in [3.05, 3.63) is 18.2 Å². The van der Waals surface area contributed by atoms with Gasteiger partial charge in [-0.1, -0.05) is 13.8 Å². The zero-order valence-corrected chi connectivity index (χ0v) is 17.3. The van der Waals surface area contributed by atoms with E-state index in [1.165, 1.54) is 12.5 Å². The molecule has 0 aliphatic rings. The number of rotatable bonds is 13. The van der Waals surface area contributed by atoms with Crippen molar-refractivity contribution < 1.29 is 34.2 Å². The number of nitrogens with zero attached hydrogens (tertiary/aromatic N) is 1. The Labute approximate surface area is 178 Å². The van der Waals surface area contributed by atoms with Crippen LogP contribution in [0.25, 0.3) is 0 Å². The van der Waals surface area contributed by atoms with Gasteiger partial charge in [-0.25, -0.2) is 4.98 Å². The lowest BCUT2D eigenvalue weighted by atomic mass is 10.0. The van der Waals surface area contributed by atoms with E-state index >= 15 is 0 Å². The van der Waals surface area contributed by atoms with E-state index in [1.807, 2.05) is 0 Å². The van der Waals surface area contributed by atoms with Crippen molar-refractivity contribution in [2.45, 2.75) is 51.2 Å². The van der Waals surface area contributed by atoms with Crippen LogP contribution in [0.5, 0.6) is 0 Å². The Morgan fingerprint density at radius 1 is 1.06 bits per heavy atom. The van der Waals surface area contributed by atoms with Crippen molar-refractivity contribution in [1.82, 2.24) is 25.9 Å². The second-order valence-electron chi connectivity index (χ2n) is 7.22. The van der Waals surface area contributed by atoms with Crippen LogP contribution in [-0.4, -0.2) is 74.5 Å². The molecule has 13 nitrogen and oxygen atoms in total. The zero-order chi connectivity index (χ0) is 23.6. The molecule has 1 heterocycles. The van der Waals surface area contributed by atoms with Gasteiger partial charge in [0.1, 0.15) is 18.6 Å². The second kappa shape index (κ2) is 12.3. The van der Waals surface area contributed by atoms with E-state index in [0.717, 1.165) is 0 Å². The minimum absolute atomic E-state index is 0.00802. The molecular formula is C18H28N6O7. The van der Waals surface area contributed by atoms with Crippen LogP contribution in [0.15, 0.2) is 12.5 Å². The quantitative estimate of drug-likeness (QED) is 0.180. The van der Waals surface area contributed by atoms with Crippen molar-refractivity contribution in [1.29, 1.82) is 0 Å². The minimum Gasteiger partial charge on any atom is -0.481 e. The lowest BCUT2D eigenvalue weighted by Gasteiger charge is -2.26. The third kappa shape index (κ3) is 9.25. The first-order valence-electron chi connectivity index (χ1n) is 9.56. The molecule has 31 heavy (non-hydrogen) atoms. The molecule has 1 rings (SSSR count). The fraction of sp³-hybridized carbons (Fsp3) is 0.556. The average molecular weight is 440 g/mol. The molecule has 3 atom stereocenters. The number of aromatic nitrogens is 2. The van der Waals surface area contributed by atoms with Gasteiger partial charge in [-0.05, 0) is 12.3 Å². The molecule has 8 N–H and O–H groups in total. The number of carbonyl (C=O) groups excluding carboxylic acids is 3. The number of carbonyl (C=O) groups is 5. The molecule has 0 fully saturated rings. The Kier molecular flexibility index (Phi) is 10.1. The van der Waals surface area contributed by atoms with E-state index in [-0.39, 0.29) is 25.2 Å². The summed E-state index contributed by atoms with van der Waals surface area (Å²) in [7, 11) is 0. The highest BCUT2D eigenvalue weighted by Gasteiger charge is 2.30. The maximum absolute atomic E-state index is 12.8. The Morgan fingerprint density at radius 3 is 2.26 bits per heavy atom. The normalized spacial score (nSPS) is 13.7. The minimum atomic E-state index is -1.25. The van der Waals surface area contributed by atoms with Crippen LogP contribution in [0.2, 0.25) is 0 Å². The molecule has 0 aliphatic carbocycles. The van der Waals surface area contributed by atoms with Crippen LogP contribution in [0.3, 0.4) is 0 Å². The molecule has 0 bridgehead atoms. The molecule has 0 radical (unpaired) electrons. The molecule has 3 unspecified atom stereocenters. The van der Waals surface area contributed by atoms with Crippen molar-refractivity contribution in [2.75, 3.05) is 6.54 Å². The Balaban J connectivity index is 2.87. The first-order chi connectivity index (χ1) is 14.5. The molecule has 0 aliphatic heterocycles. The fourth-order valence-corrected chi connectivity index (χ4v) is 2.58. The molecule has 3 amide bonds. The molecule has 172 valence electrons. The van der Waals surface area contributed by atoms with Gasteiger partial charge in [0.2, 0.25) is 17.7 Å². The van der Waals surface area contributed by atoms with Gasteiger partial charge >= 0.3 is 11.9 Å². The number of H-pyrrole nitrogens is 1. The van der Waals surface area contributed by atoms with Crippen LogP contribution in [0.4, 0.5) is 0 Å². The van der Waals surface area contributed by atoms with Gasteiger partial charge < -0.3 is 36.9 Å². The van der Waals surface area contributed by atoms with Gasteiger partial charge in [0.15, 0.2) is 0 Å². The van der Waals surface area contributed by atoms with E-state index in [1.54, 1.807) is 13.8 Å². The van der Waals surface area contributed by atoms with Crippen molar-refractivity contribution in [2.24, 2.45) is 11.7 Å². The summed E-state index contributed by atoms with van der Waals surface area (Å²) in [5, 5.41) is 24.7. The smallest absolute Gasteiger partial charge is 0.322 e. The Bertz CT molecular complexity index is 780. The summed E-state index contributed by atoms with van der Waals surface area (Å²) in [6.07, 6.45) is 2.44. The number of imidazole rings is 1. The number of nitrogens with one attached hydrogen (secondary N) is 4. The number of aliphatic carboxylic acids is 2. The van der Waals surface area contributed by atoms with E-state index in [2.05, 4.69) is 25.9 Å². The number of hydrogen-bond donors (Lipinski definition) is 7. The molecule has 13 heteroatoms. The van der Waals surface area contributed by atoms with Crippen LogP contribution >= 0.6 is 0 Å². The lowest BCUT2D eigenvalue weighted by molar-refractivity contribution is -0.139. The average Bonchev–Trinajstić information content (AvgIpc) is 3.20. The van der Waals surface area contributed by atoms with E-state index in [9.17, 15) is 24.0 Å². The highest BCUT2D eigenvalue weighted by molar-refractivity contribution is 5.94. The Morgan fingerprint density at radius 2 is 1.74 bits per heavy atom. The number of nitrogens with two attached hydrogens (primary N) is 1. The third-order valence-corrected chi connectivity index (χ3v) is 4.28. The van der Waals surface area contributed by atoms with Crippen LogP contribution in [0.1, 0.15) is 32.4 Å². The highest BCUT2D eigenvalue weighted by Crippen LogP contribution is 2.06. The maximum Gasteiger partial charge on any atom is 0.322 e. The summed E-state index contributed by atoms with van der Waals surface area (Å²) in [6, 6.07) is -3.31. The summed E-state index contributed by atoms with van der Waals surface area (Å²) in [5.41, 5.74) is 6.21. The van der Waals surface area contributed by atoms with Crippen LogP contribution < -0.4 is 21.7 Å². The Hall–Kier alpha value is -3.48. The monoisotopic (exact) mass is 440 g/mol. The molecule has 0 saturated carbocycles. The van der Waals surface area contributed by atoms with E-state index < -0.39 is 54.3 Å². The highest BCUT2D eigenvalue weighted by atomic mass is 16.4. The van der Waals surface area contributed by atoms with Crippen LogP contribution in [-0.2, 0) is 30.4 Å². The van der Waals surface area contributed by atoms with Gasteiger partial charge in [-0.15, -0.1) is 0 Å². The summed E-state index contributed by atoms with van der Waals surface area (Å²) in [6.45, 7) is 2.71. The standard InChI is InChI=1S/C18H28N6O7/c1-9(2)15(24-16(29)11(19)3-4-13(25)26)18(31)23-12(5-10-6-20-8-22-10)17(30)21-7-14(27)28/h6,8-9,11-12,15H,3-5,7,19H2,1-2H3,(H,20,22)(H,21,30)(H,23,31)(H,24,29)(H,25,26)(H,27,28). The van der Waals surface area contributed by atoms with Gasteiger partial charge in [-0.3, -0.25) is 24.0 Å². The number of carboxylic acid groups (broad SMARTS) is 2. The van der Waals surface area contributed by atoms with Crippen LogP contribution in [0, 0.1) is 5.92 Å². The molecule has 1 aromatic rings. The van der Waals surface area contributed by atoms with E-state index in [4.69, 9.17) is 15.9 Å². The van der Waals surface area contributed by atoms with Gasteiger partial charge in [0, 0.05) is 24.7 Å². The largest absolute Gasteiger partial charge is 0.481 e. The fourth-order valence-electron chi connectivity index (χ4n) is 2.58. The SMILES string of the molecule is CC(C)C(NC(=O)C(N)CCC(=O)O)C(=O)NC(Cc1cnc[nH]1)C(=O)NCC(=O)O. The summed E-state index contributed by atoms with van der Waals surface area (Å²) >= 11 is 0. The van der Waals surface area contributed by atoms with E-state index in [0.29, 0.717) is 5.69 Å². The molecular weight excluding hydrogens is 412 g/mol. The zero-order valence-electron chi connectivity index (χ0n) is 17.3. The van der Waals surface area contributed by atoms with Crippen molar-refractivity contribution in [3.8, 4) is 0 Å². The molecule has 0 spiro atoms. The van der Waals surface area contributed by atoms with Crippen molar-refractivity contribution in [3.63, 3.8) is 0 Å².